The first kappa shape index (κ1) is 28.8. The van der Waals surface area contributed by atoms with Crippen LogP contribution in [-0.4, -0.2) is 68.6 Å². The van der Waals surface area contributed by atoms with E-state index in [1.165, 1.54) is 0 Å². The number of nitrogens with zero attached hydrogens (tertiary/aromatic N) is 2. The molecule has 2 amide bonds. The smallest absolute Gasteiger partial charge is 0.423 e. The molecular formula is C20H24B2F2N4O8. The van der Waals surface area contributed by atoms with E-state index in [1.807, 2.05) is 0 Å². The van der Waals surface area contributed by atoms with E-state index in [9.17, 15) is 38.5 Å². The van der Waals surface area contributed by atoms with Crippen LogP contribution < -0.4 is 22.4 Å². The number of halogens is 2. The van der Waals surface area contributed by atoms with Crippen LogP contribution in [-0.2, 0) is 11.3 Å². The Balaban J connectivity index is 2.39. The van der Waals surface area contributed by atoms with Crippen molar-refractivity contribution in [1.29, 1.82) is 0 Å². The second-order valence-electron chi connectivity index (χ2n) is 8.02. The van der Waals surface area contributed by atoms with Gasteiger partial charge in [-0.15, -0.1) is 0 Å². The van der Waals surface area contributed by atoms with Crippen molar-refractivity contribution in [3.05, 3.63) is 63.2 Å². The van der Waals surface area contributed by atoms with Crippen molar-refractivity contribution >= 4 is 42.7 Å². The van der Waals surface area contributed by atoms with Crippen molar-refractivity contribution in [1.82, 2.24) is 4.90 Å². The van der Waals surface area contributed by atoms with E-state index in [2.05, 4.69) is 0 Å². The quantitative estimate of drug-likeness (QED) is 0.0798. The summed E-state index contributed by atoms with van der Waals surface area (Å²) in [7, 11) is -4.51. The van der Waals surface area contributed by atoms with Gasteiger partial charge in [0.05, 0.1) is 16.4 Å². The number of nitro benzene ring substituents is 1. The van der Waals surface area contributed by atoms with Crippen LogP contribution >= 0.6 is 0 Å². The van der Waals surface area contributed by atoms with Gasteiger partial charge in [0.1, 0.15) is 11.6 Å². The van der Waals surface area contributed by atoms with Gasteiger partial charge in [0.2, 0.25) is 5.91 Å². The summed E-state index contributed by atoms with van der Waals surface area (Å²) in [6, 6.07) is 3.51. The summed E-state index contributed by atoms with van der Waals surface area (Å²) in [6.45, 7) is -0.437. The first-order valence-corrected chi connectivity index (χ1v) is 10.7. The Morgan fingerprint density at radius 3 is 2.14 bits per heavy atom. The first-order chi connectivity index (χ1) is 16.8. The molecule has 0 spiro atoms. The molecule has 0 radical (unpaired) electrons. The first-order valence-electron chi connectivity index (χ1n) is 10.7. The summed E-state index contributed by atoms with van der Waals surface area (Å²) in [6.07, 6.45) is 0.790. The van der Waals surface area contributed by atoms with Crippen molar-refractivity contribution in [2.75, 3.05) is 6.54 Å². The van der Waals surface area contributed by atoms with Crippen molar-refractivity contribution in [2.24, 2.45) is 11.5 Å². The molecule has 36 heavy (non-hydrogen) atoms. The summed E-state index contributed by atoms with van der Waals surface area (Å²) in [5, 5.41) is 48.4. The van der Waals surface area contributed by atoms with Crippen LogP contribution in [0.5, 0.6) is 0 Å². The fraction of sp³-hybridized carbons (Fsp3) is 0.300. The zero-order chi connectivity index (χ0) is 27.2. The summed E-state index contributed by atoms with van der Waals surface area (Å²) in [5.74, 6) is -4.07. The number of carbonyl (C=O) groups is 2. The SMILES string of the molecule is NC(=O)C(N)CCCCN(Cc1cc(F)c(B(O)O)c(F)c1)C(=O)c1cc(B(O)O)cc([N+](=O)[O-])c1. The second-order valence-corrected chi connectivity index (χ2v) is 8.02. The maximum Gasteiger partial charge on any atom is 0.494 e. The molecule has 192 valence electrons. The minimum Gasteiger partial charge on any atom is -0.423 e. The molecule has 0 aliphatic carbocycles. The van der Waals surface area contributed by atoms with E-state index in [-0.39, 0.29) is 36.0 Å². The van der Waals surface area contributed by atoms with E-state index in [0.29, 0.717) is 6.42 Å². The number of amides is 2. The highest BCUT2D eigenvalue weighted by atomic mass is 19.1. The van der Waals surface area contributed by atoms with Crippen LogP contribution in [0.4, 0.5) is 14.5 Å². The largest absolute Gasteiger partial charge is 0.494 e. The van der Waals surface area contributed by atoms with E-state index >= 15 is 0 Å². The molecule has 0 heterocycles. The molecular weight excluding hydrogens is 484 g/mol. The number of nitrogens with two attached hydrogens (primary N) is 2. The standard InChI is InChI=1S/C20H24B2F2N4O8/c23-15-5-11(6-16(24)18(15)22(33)34)10-27(4-2-1-3-17(25)19(26)29)20(30)12-7-13(21(31)32)9-14(8-12)28(35)36/h5-9,17,31-34H,1-4,10,25H2,(H2,26,29). The van der Waals surface area contributed by atoms with Gasteiger partial charge in [-0.05, 0) is 48.5 Å². The third-order valence-corrected chi connectivity index (χ3v) is 5.31. The summed E-state index contributed by atoms with van der Waals surface area (Å²) < 4.78 is 28.5. The highest BCUT2D eigenvalue weighted by molar-refractivity contribution is 6.59. The lowest BCUT2D eigenvalue weighted by Gasteiger charge is -2.24. The number of hydrogen-bond acceptors (Lipinski definition) is 9. The molecule has 1 atom stereocenters. The van der Waals surface area contributed by atoms with Gasteiger partial charge >= 0.3 is 14.2 Å². The third-order valence-electron chi connectivity index (χ3n) is 5.31. The molecule has 0 fully saturated rings. The highest BCUT2D eigenvalue weighted by Crippen LogP contribution is 2.18. The Bertz CT molecular complexity index is 1120. The van der Waals surface area contributed by atoms with Crippen molar-refractivity contribution in [2.45, 2.75) is 31.8 Å². The molecule has 0 aromatic heterocycles. The molecule has 16 heteroatoms. The van der Waals surface area contributed by atoms with Gasteiger partial charge in [-0.25, -0.2) is 8.78 Å². The van der Waals surface area contributed by atoms with E-state index in [4.69, 9.17) is 21.5 Å². The lowest BCUT2D eigenvalue weighted by molar-refractivity contribution is -0.384. The van der Waals surface area contributed by atoms with Crippen LogP contribution in [0.1, 0.15) is 35.2 Å². The third kappa shape index (κ3) is 7.53. The Labute approximate surface area is 204 Å². The Morgan fingerprint density at radius 1 is 1.03 bits per heavy atom. The fourth-order valence-corrected chi connectivity index (χ4v) is 3.45. The molecule has 0 saturated carbocycles. The van der Waals surface area contributed by atoms with Crippen molar-refractivity contribution < 1.29 is 43.4 Å². The zero-order valence-corrected chi connectivity index (χ0v) is 18.9. The van der Waals surface area contributed by atoms with Crippen LogP contribution in [0.25, 0.3) is 0 Å². The number of benzene rings is 2. The number of hydrogen-bond donors (Lipinski definition) is 6. The molecule has 8 N–H and O–H groups in total. The Morgan fingerprint density at radius 2 is 1.64 bits per heavy atom. The predicted octanol–water partition coefficient (Wildman–Crippen LogP) is -2.14. The number of non-ortho nitro benzene ring substituents is 1. The van der Waals surface area contributed by atoms with Gasteiger partial charge in [0.25, 0.3) is 11.6 Å². The monoisotopic (exact) mass is 508 g/mol. The van der Waals surface area contributed by atoms with Gasteiger partial charge in [0, 0.05) is 30.8 Å². The van der Waals surface area contributed by atoms with Crippen LogP contribution in [0.15, 0.2) is 30.3 Å². The van der Waals surface area contributed by atoms with Gasteiger partial charge in [-0.3, -0.25) is 19.7 Å². The van der Waals surface area contributed by atoms with Gasteiger partial charge in [-0.1, -0.05) is 0 Å². The summed E-state index contributed by atoms with van der Waals surface area (Å²) in [4.78, 5) is 35.9. The van der Waals surface area contributed by atoms with Crippen molar-refractivity contribution in [3.63, 3.8) is 0 Å². The maximum atomic E-state index is 14.2. The normalized spacial score (nSPS) is 11.6. The highest BCUT2D eigenvalue weighted by Gasteiger charge is 2.26. The minimum atomic E-state index is -2.40. The van der Waals surface area contributed by atoms with Gasteiger partial charge < -0.3 is 36.5 Å². The van der Waals surface area contributed by atoms with Crippen LogP contribution in [0, 0.1) is 21.7 Å². The molecule has 2 aromatic carbocycles. The molecule has 0 aliphatic rings. The predicted molar refractivity (Wildman–Crippen MR) is 125 cm³/mol. The zero-order valence-electron chi connectivity index (χ0n) is 18.9. The molecule has 0 bridgehead atoms. The van der Waals surface area contributed by atoms with Crippen LogP contribution in [0.2, 0.25) is 0 Å². The van der Waals surface area contributed by atoms with E-state index in [1.54, 1.807) is 0 Å². The average molecular weight is 508 g/mol. The van der Waals surface area contributed by atoms with E-state index < -0.39 is 66.3 Å². The number of unbranched alkanes of at least 4 members (excludes halogenated alkanes) is 1. The molecule has 2 aromatic rings. The van der Waals surface area contributed by atoms with Gasteiger partial charge in [0.15, 0.2) is 0 Å². The van der Waals surface area contributed by atoms with Crippen molar-refractivity contribution in [3.8, 4) is 0 Å². The molecule has 0 aliphatic heterocycles. The molecule has 1 unspecified atom stereocenters. The lowest BCUT2D eigenvalue weighted by atomic mass is 9.79. The van der Waals surface area contributed by atoms with E-state index in [0.717, 1.165) is 35.2 Å². The fourth-order valence-electron chi connectivity index (χ4n) is 3.45. The lowest BCUT2D eigenvalue weighted by Crippen LogP contribution is -2.37. The number of nitro groups is 1. The second kappa shape index (κ2) is 12.5. The topological polar surface area (TPSA) is 213 Å². The number of rotatable bonds is 12. The molecule has 2 rings (SSSR count). The minimum absolute atomic E-state index is 0.0440. The number of primary amides is 1. The van der Waals surface area contributed by atoms with Crippen LogP contribution in [0.3, 0.4) is 0 Å². The molecule has 12 nitrogen and oxygen atoms in total. The average Bonchev–Trinajstić information content (AvgIpc) is 2.79. The Kier molecular flexibility index (Phi) is 10.0. The molecule has 0 saturated heterocycles. The summed E-state index contributed by atoms with van der Waals surface area (Å²) in [5.41, 5.74) is 8.45. The Hall–Kier alpha value is -3.43. The number of carbonyl (C=O) groups excluding carboxylic acids is 2. The summed E-state index contributed by atoms with van der Waals surface area (Å²) >= 11 is 0. The van der Waals surface area contributed by atoms with Gasteiger partial charge in [-0.2, -0.15) is 0 Å². The maximum absolute atomic E-state index is 14.2.